The van der Waals surface area contributed by atoms with Gasteiger partial charge >= 0.3 is 12.1 Å². The van der Waals surface area contributed by atoms with Crippen LogP contribution in [-0.2, 0) is 0 Å². The average Bonchev–Trinajstić information content (AvgIpc) is 2.90. The monoisotopic (exact) mass is 592 g/mol. The maximum Gasteiger partial charge on any atom is 0.322 e. The summed E-state index contributed by atoms with van der Waals surface area (Å²) in [6, 6.07) is 15.9. The number of hydrogen-bond donors (Lipinski definition) is 2. The highest BCUT2D eigenvalue weighted by Crippen LogP contribution is 2.38. The van der Waals surface area contributed by atoms with Crippen LogP contribution in [0.3, 0.4) is 0 Å². The number of benzene rings is 2. The fourth-order valence-electron chi connectivity index (χ4n) is 5.74. The zero-order valence-corrected chi connectivity index (χ0v) is 28.5. The second-order valence-electron chi connectivity index (χ2n) is 15.3. The predicted molar refractivity (Wildman–Crippen MR) is 183 cm³/mol. The fraction of sp³-hybridized carbons (Fsp3) is 0.600. The molecule has 2 N–H and O–H groups in total. The molecule has 0 aromatic heterocycles. The zero-order valence-electron chi connectivity index (χ0n) is 28.5. The molecule has 0 spiro atoms. The molecule has 1 fully saturated rings. The number of anilines is 4. The van der Waals surface area contributed by atoms with E-state index in [9.17, 15) is 9.59 Å². The van der Waals surface area contributed by atoms with Crippen LogP contribution in [-0.4, -0.2) is 74.7 Å². The van der Waals surface area contributed by atoms with Crippen molar-refractivity contribution >= 4 is 34.8 Å². The average molecular weight is 593 g/mol. The minimum atomic E-state index is -0.316. The number of urea groups is 2. The number of rotatable bonds is 8. The highest BCUT2D eigenvalue weighted by molar-refractivity contribution is 5.91. The van der Waals surface area contributed by atoms with Crippen molar-refractivity contribution in [2.45, 2.75) is 85.7 Å². The van der Waals surface area contributed by atoms with E-state index < -0.39 is 0 Å². The molecule has 2 aromatic rings. The van der Waals surface area contributed by atoms with E-state index in [1.165, 1.54) is 0 Å². The minimum absolute atomic E-state index is 0.0485. The third-order valence-corrected chi connectivity index (χ3v) is 8.18. The molecule has 0 heterocycles. The summed E-state index contributed by atoms with van der Waals surface area (Å²) in [5.41, 5.74) is 3.33. The molecule has 238 valence electrons. The Morgan fingerprint density at radius 2 is 1.09 bits per heavy atom. The van der Waals surface area contributed by atoms with Gasteiger partial charge in [-0.3, -0.25) is 0 Å². The van der Waals surface area contributed by atoms with Crippen molar-refractivity contribution in [2.75, 3.05) is 61.7 Å². The highest BCUT2D eigenvalue weighted by atomic mass is 16.2. The first-order valence-electron chi connectivity index (χ1n) is 15.6. The van der Waals surface area contributed by atoms with Crippen LogP contribution in [0.4, 0.5) is 32.3 Å². The Labute approximate surface area is 260 Å². The molecule has 1 aliphatic carbocycles. The van der Waals surface area contributed by atoms with Crippen LogP contribution in [0.1, 0.15) is 74.1 Å². The lowest BCUT2D eigenvalue weighted by Crippen LogP contribution is -2.58. The normalized spacial score (nSPS) is 18.9. The van der Waals surface area contributed by atoms with Gasteiger partial charge in [-0.15, -0.1) is 0 Å². The molecule has 0 unspecified atom stereocenters. The Balaban J connectivity index is 1.76. The van der Waals surface area contributed by atoms with Crippen LogP contribution in [0, 0.1) is 10.8 Å². The van der Waals surface area contributed by atoms with Gasteiger partial charge in [0, 0.05) is 75.6 Å². The Morgan fingerprint density at radius 1 is 0.698 bits per heavy atom. The molecule has 1 saturated carbocycles. The number of nitrogens with zero attached hydrogens (tertiary/aromatic N) is 4. The van der Waals surface area contributed by atoms with Crippen LogP contribution in [0.5, 0.6) is 0 Å². The molecule has 8 nitrogen and oxygen atoms in total. The summed E-state index contributed by atoms with van der Waals surface area (Å²) in [4.78, 5) is 35.7. The van der Waals surface area contributed by atoms with Gasteiger partial charge < -0.3 is 30.2 Å². The molecule has 0 atom stereocenters. The highest BCUT2D eigenvalue weighted by Gasteiger charge is 2.42. The van der Waals surface area contributed by atoms with Crippen LogP contribution >= 0.6 is 0 Å². The van der Waals surface area contributed by atoms with E-state index in [1.807, 2.05) is 96.3 Å². The maximum absolute atomic E-state index is 13.8. The van der Waals surface area contributed by atoms with Crippen molar-refractivity contribution in [3.8, 4) is 0 Å². The van der Waals surface area contributed by atoms with E-state index in [2.05, 4.69) is 59.1 Å². The third kappa shape index (κ3) is 9.80. The summed E-state index contributed by atoms with van der Waals surface area (Å²) < 4.78 is 0. The quantitative estimate of drug-likeness (QED) is 0.326. The van der Waals surface area contributed by atoms with Crippen molar-refractivity contribution < 1.29 is 9.59 Å². The number of carbonyl (C=O) groups is 2. The van der Waals surface area contributed by atoms with E-state index in [4.69, 9.17) is 0 Å². The summed E-state index contributed by atoms with van der Waals surface area (Å²) in [5, 5.41) is 6.32. The van der Waals surface area contributed by atoms with E-state index in [0.29, 0.717) is 13.1 Å². The van der Waals surface area contributed by atoms with Crippen molar-refractivity contribution in [1.29, 1.82) is 0 Å². The number of carbonyl (C=O) groups excluding carboxylic acids is 2. The van der Waals surface area contributed by atoms with Crippen LogP contribution in [0.25, 0.3) is 0 Å². The van der Waals surface area contributed by atoms with Gasteiger partial charge in [0.25, 0.3) is 0 Å². The molecule has 1 aliphatic rings. The number of amides is 4. The van der Waals surface area contributed by atoms with Gasteiger partial charge in [-0.25, -0.2) is 9.59 Å². The summed E-state index contributed by atoms with van der Waals surface area (Å²) in [6.45, 7) is 16.6. The molecular formula is C35H56N6O2. The molecule has 0 aliphatic heterocycles. The van der Waals surface area contributed by atoms with Crippen molar-refractivity contribution in [1.82, 2.24) is 9.80 Å². The van der Waals surface area contributed by atoms with E-state index in [0.717, 1.165) is 48.4 Å². The second-order valence-corrected chi connectivity index (χ2v) is 15.3. The minimum Gasteiger partial charge on any atom is -0.378 e. The van der Waals surface area contributed by atoms with Gasteiger partial charge in [-0.05, 0) is 92.0 Å². The third-order valence-electron chi connectivity index (χ3n) is 8.18. The van der Waals surface area contributed by atoms with Gasteiger partial charge in [0.15, 0.2) is 0 Å². The molecule has 2 aromatic carbocycles. The Morgan fingerprint density at radius 3 is 1.47 bits per heavy atom. The summed E-state index contributed by atoms with van der Waals surface area (Å²) in [5.74, 6) is 0. The Bertz CT molecular complexity index is 1200. The number of hydrogen-bond acceptors (Lipinski definition) is 4. The van der Waals surface area contributed by atoms with Crippen molar-refractivity contribution in [3.63, 3.8) is 0 Å². The lowest BCUT2D eigenvalue weighted by molar-refractivity contribution is 0.0445. The lowest BCUT2D eigenvalue weighted by atomic mass is 9.77. The predicted octanol–water partition coefficient (Wildman–Crippen LogP) is 7.98. The van der Waals surface area contributed by atoms with Gasteiger partial charge in [-0.2, -0.15) is 0 Å². The SMILES string of the molecule is CN(C)c1ccc(NC(=O)N(CC(C)(C)C)C2CCC(C)(N(CC(C)(C)C)C(=O)Nc3ccc(N(C)C)cc3)CC2)cc1. The lowest BCUT2D eigenvalue weighted by Gasteiger charge is -2.49. The molecule has 43 heavy (non-hydrogen) atoms. The van der Waals surface area contributed by atoms with E-state index in [1.54, 1.807) is 0 Å². The molecule has 8 heteroatoms. The maximum atomic E-state index is 13.8. The first kappa shape index (κ1) is 34.1. The molecule has 0 bridgehead atoms. The molecule has 4 amide bonds. The van der Waals surface area contributed by atoms with Gasteiger partial charge in [0.2, 0.25) is 0 Å². The standard InChI is InChI=1S/C35H56N6O2/c1-33(2,3)24-40(31(42)36-26-12-16-28(17-13-26)38(8)9)30-20-22-35(7,23-21-30)41(25-34(4,5)6)32(43)37-27-14-18-29(19-15-27)39(10)11/h12-19,30H,20-25H2,1-11H3,(H,36,42)(H,37,43). The van der Waals surface area contributed by atoms with Gasteiger partial charge in [0.05, 0.1) is 0 Å². The molecule has 3 rings (SSSR count). The van der Waals surface area contributed by atoms with Crippen LogP contribution < -0.4 is 20.4 Å². The Hall–Kier alpha value is -3.42. The second kappa shape index (κ2) is 13.5. The van der Waals surface area contributed by atoms with Gasteiger partial charge in [-0.1, -0.05) is 41.5 Å². The van der Waals surface area contributed by atoms with Crippen molar-refractivity contribution in [3.05, 3.63) is 48.5 Å². The van der Waals surface area contributed by atoms with Gasteiger partial charge in [0.1, 0.15) is 0 Å². The summed E-state index contributed by atoms with van der Waals surface area (Å²) in [6.07, 6.45) is 3.33. The van der Waals surface area contributed by atoms with Crippen LogP contribution in [0.15, 0.2) is 48.5 Å². The molecule has 0 radical (unpaired) electrons. The van der Waals surface area contributed by atoms with Crippen LogP contribution in [0.2, 0.25) is 0 Å². The summed E-state index contributed by atoms with van der Waals surface area (Å²) in [7, 11) is 8.02. The topological polar surface area (TPSA) is 71.2 Å². The fourth-order valence-corrected chi connectivity index (χ4v) is 5.74. The van der Waals surface area contributed by atoms with E-state index in [-0.39, 0.29) is 34.5 Å². The number of nitrogens with one attached hydrogen (secondary N) is 2. The largest absolute Gasteiger partial charge is 0.378 e. The Kier molecular flexibility index (Phi) is 10.7. The molecule has 0 saturated heterocycles. The zero-order chi connectivity index (χ0) is 32.2. The first-order chi connectivity index (χ1) is 19.9. The first-order valence-corrected chi connectivity index (χ1v) is 15.6. The van der Waals surface area contributed by atoms with Crippen molar-refractivity contribution in [2.24, 2.45) is 10.8 Å². The smallest absolute Gasteiger partial charge is 0.322 e. The van der Waals surface area contributed by atoms with E-state index >= 15 is 0 Å². The summed E-state index contributed by atoms with van der Waals surface area (Å²) >= 11 is 0. The molecular weight excluding hydrogens is 536 g/mol.